The third-order valence-electron chi connectivity index (χ3n) is 11.5. The van der Waals surface area contributed by atoms with Gasteiger partial charge in [-0.2, -0.15) is 0 Å². The van der Waals surface area contributed by atoms with E-state index in [1.807, 2.05) is 12.1 Å². The van der Waals surface area contributed by atoms with Crippen molar-refractivity contribution in [2.24, 2.45) is 0 Å². The molecule has 0 saturated heterocycles. The highest BCUT2D eigenvalue weighted by Crippen LogP contribution is 2.51. The van der Waals surface area contributed by atoms with Gasteiger partial charge in [0, 0.05) is 45.4 Å². The highest BCUT2D eigenvalue weighted by Gasteiger charge is 2.35. The number of anilines is 3. The molecule has 0 atom stereocenters. The highest BCUT2D eigenvalue weighted by atomic mass is 16.3. The van der Waals surface area contributed by atoms with E-state index in [4.69, 9.17) is 8.83 Å². The van der Waals surface area contributed by atoms with E-state index in [0.29, 0.717) is 0 Å². The first-order chi connectivity index (χ1) is 26.5. The Bertz CT molecular complexity index is 3090. The zero-order valence-electron chi connectivity index (χ0n) is 30.0. The average molecular weight is 695 g/mol. The van der Waals surface area contributed by atoms with Crippen LogP contribution in [-0.2, 0) is 5.41 Å². The van der Waals surface area contributed by atoms with Crippen molar-refractivity contribution in [2.75, 3.05) is 4.90 Å². The van der Waals surface area contributed by atoms with Crippen LogP contribution in [0.25, 0.3) is 77.3 Å². The van der Waals surface area contributed by atoms with Crippen molar-refractivity contribution in [2.45, 2.75) is 19.3 Å². The number of rotatable bonds is 5. The summed E-state index contributed by atoms with van der Waals surface area (Å²) in [4.78, 5) is 2.40. The van der Waals surface area contributed by atoms with Gasteiger partial charge in [0.05, 0.1) is 10.8 Å². The fraction of sp³-hybridized carbons (Fsp3) is 0.0588. The van der Waals surface area contributed by atoms with Crippen molar-refractivity contribution in [1.29, 1.82) is 0 Å². The number of hydrogen-bond acceptors (Lipinski definition) is 2. The molecule has 3 nitrogen and oxygen atoms in total. The van der Waals surface area contributed by atoms with Crippen molar-refractivity contribution in [1.82, 2.24) is 0 Å². The quantitative estimate of drug-likeness (QED) is 0.168. The summed E-state index contributed by atoms with van der Waals surface area (Å²) in [6.45, 7) is 4.69. The molecule has 0 radical (unpaired) electrons. The van der Waals surface area contributed by atoms with Crippen LogP contribution in [0.1, 0.15) is 25.0 Å². The van der Waals surface area contributed by atoms with Crippen molar-refractivity contribution >= 4 is 60.9 Å². The van der Waals surface area contributed by atoms with E-state index in [1.165, 1.54) is 33.0 Å². The number of para-hydroxylation sites is 3. The number of nitrogens with zero attached hydrogens (tertiary/aromatic N) is 1. The highest BCUT2D eigenvalue weighted by molar-refractivity contribution is 6.09. The van der Waals surface area contributed by atoms with Crippen LogP contribution >= 0.6 is 0 Å². The number of benzene rings is 8. The molecule has 2 heterocycles. The largest absolute Gasteiger partial charge is 0.545 e. The van der Waals surface area contributed by atoms with E-state index in [-0.39, 0.29) is 5.41 Å². The van der Waals surface area contributed by atoms with Gasteiger partial charge in [-0.15, -0.1) is 0 Å². The molecule has 3 heteroatoms. The lowest BCUT2D eigenvalue weighted by Crippen LogP contribution is -2.16. The standard InChI is InChI=1S/C51H35NO2/c1-51(2)45-17-9-6-14-38(45)39-25-23-36(31-46(39)51)52(34-12-4-3-5-13-34)35-22-24-37(32-20-26-49-43(28-32)40-15-7-10-18-47(40)53-49)42(30-35)33-21-27-50-44(29-33)41-16-8-11-19-48(41)54-50/h3-31H,1-2H3/p+1. The SMILES string of the molecule is CC1(C)c2ccccc2-c2ccc(N(c3ccccc3)c3ccc(-c4ccc5[oH+]c6ccccc6c5c4)c(-c4ccc5oc6ccccc6c5c4)c3)cc21. The summed E-state index contributed by atoms with van der Waals surface area (Å²) in [5.41, 5.74) is 17.0. The monoisotopic (exact) mass is 694 g/mol. The number of furan rings is 2. The van der Waals surface area contributed by atoms with Gasteiger partial charge in [-0.1, -0.05) is 105 Å². The van der Waals surface area contributed by atoms with Gasteiger partial charge in [0.1, 0.15) is 11.2 Å². The topological polar surface area (TPSA) is 29.2 Å². The Hall–Kier alpha value is -6.84. The Morgan fingerprint density at radius 2 is 1.04 bits per heavy atom. The maximum absolute atomic E-state index is 6.28. The molecule has 0 amide bonds. The van der Waals surface area contributed by atoms with Crippen LogP contribution < -0.4 is 4.90 Å². The molecule has 0 aliphatic heterocycles. The molecular weight excluding hydrogens is 659 g/mol. The second kappa shape index (κ2) is 11.6. The summed E-state index contributed by atoms with van der Waals surface area (Å²) < 4.78 is 11.2. The molecule has 1 aliphatic rings. The summed E-state index contributed by atoms with van der Waals surface area (Å²) >= 11 is 0. The third-order valence-corrected chi connectivity index (χ3v) is 11.5. The first-order valence-corrected chi connectivity index (χ1v) is 18.6. The Kier molecular flexibility index (Phi) is 6.60. The molecule has 11 rings (SSSR count). The molecule has 1 N–H and O–H groups in total. The minimum Gasteiger partial charge on any atom is -0.545 e. The second-order valence-corrected chi connectivity index (χ2v) is 15.0. The molecule has 256 valence electrons. The summed E-state index contributed by atoms with van der Waals surface area (Å²) in [5, 5.41) is 4.58. The first kappa shape index (κ1) is 30.8. The van der Waals surface area contributed by atoms with Gasteiger partial charge >= 0.3 is 0 Å². The summed E-state index contributed by atoms with van der Waals surface area (Å²) in [5.74, 6) is 0. The van der Waals surface area contributed by atoms with Gasteiger partial charge in [-0.3, -0.25) is 0 Å². The molecular formula is C51H36NO2+. The molecule has 0 unspecified atom stereocenters. The van der Waals surface area contributed by atoms with Gasteiger partial charge < -0.3 is 13.7 Å². The minimum absolute atomic E-state index is 0.111. The van der Waals surface area contributed by atoms with Gasteiger partial charge in [0.15, 0.2) is 0 Å². The molecule has 54 heavy (non-hydrogen) atoms. The first-order valence-electron chi connectivity index (χ1n) is 18.6. The number of hydrogen-bond donors (Lipinski definition) is 0. The van der Waals surface area contributed by atoms with E-state index < -0.39 is 0 Å². The molecule has 0 fully saturated rings. The zero-order valence-corrected chi connectivity index (χ0v) is 30.0. The Morgan fingerprint density at radius 1 is 0.407 bits per heavy atom. The summed E-state index contributed by atoms with van der Waals surface area (Å²) in [7, 11) is 0. The van der Waals surface area contributed by atoms with Gasteiger partial charge in [-0.25, -0.2) is 0 Å². The van der Waals surface area contributed by atoms with Crippen LogP contribution in [-0.4, -0.2) is 0 Å². The van der Waals surface area contributed by atoms with Gasteiger partial charge in [0.25, 0.3) is 11.2 Å². The Labute approximate surface area is 313 Å². The smallest absolute Gasteiger partial charge is 0.269 e. The minimum atomic E-state index is -0.111. The maximum atomic E-state index is 6.28. The van der Waals surface area contributed by atoms with Crippen LogP contribution in [0.5, 0.6) is 0 Å². The normalized spacial score (nSPS) is 13.1. The van der Waals surface area contributed by atoms with E-state index in [2.05, 4.69) is 183 Å². The zero-order chi connectivity index (χ0) is 36.0. The van der Waals surface area contributed by atoms with Crippen molar-refractivity contribution < 1.29 is 8.83 Å². The second-order valence-electron chi connectivity index (χ2n) is 15.0. The molecule has 1 aliphatic carbocycles. The fourth-order valence-corrected chi connectivity index (χ4v) is 8.86. The average Bonchev–Trinajstić information content (AvgIpc) is 3.85. The fourth-order valence-electron chi connectivity index (χ4n) is 8.86. The van der Waals surface area contributed by atoms with E-state index in [9.17, 15) is 0 Å². The predicted molar refractivity (Wildman–Crippen MR) is 225 cm³/mol. The number of fused-ring (bicyclic) bond motifs is 9. The van der Waals surface area contributed by atoms with Crippen LogP contribution in [0.4, 0.5) is 17.1 Å². The molecule has 2 aromatic heterocycles. The van der Waals surface area contributed by atoms with E-state index >= 15 is 0 Å². The van der Waals surface area contributed by atoms with Crippen LogP contribution in [0.2, 0.25) is 0 Å². The van der Waals surface area contributed by atoms with E-state index in [0.717, 1.165) is 72.4 Å². The lowest BCUT2D eigenvalue weighted by atomic mass is 9.82. The summed E-state index contributed by atoms with van der Waals surface area (Å²) in [6, 6.07) is 63.5. The van der Waals surface area contributed by atoms with Crippen LogP contribution in [0, 0.1) is 0 Å². The van der Waals surface area contributed by atoms with Crippen molar-refractivity contribution in [3.05, 3.63) is 187 Å². The molecule has 10 aromatic rings. The Morgan fingerprint density at radius 3 is 1.93 bits per heavy atom. The Balaban J connectivity index is 1.14. The molecule has 0 bridgehead atoms. The lowest BCUT2D eigenvalue weighted by Gasteiger charge is -2.29. The van der Waals surface area contributed by atoms with Crippen molar-refractivity contribution in [3.63, 3.8) is 0 Å². The van der Waals surface area contributed by atoms with Gasteiger partial charge in [-0.05, 0) is 117 Å². The lowest BCUT2D eigenvalue weighted by molar-refractivity contribution is 0.660. The predicted octanol–water partition coefficient (Wildman–Crippen LogP) is 14.7. The molecule has 8 aromatic carbocycles. The van der Waals surface area contributed by atoms with Gasteiger partial charge in [0.2, 0.25) is 0 Å². The van der Waals surface area contributed by atoms with Crippen LogP contribution in [0.3, 0.4) is 0 Å². The maximum Gasteiger partial charge on any atom is 0.269 e. The van der Waals surface area contributed by atoms with E-state index in [1.54, 1.807) is 0 Å². The third kappa shape index (κ3) is 4.61. The van der Waals surface area contributed by atoms with Crippen molar-refractivity contribution in [3.8, 4) is 33.4 Å². The molecule has 0 saturated carbocycles. The summed E-state index contributed by atoms with van der Waals surface area (Å²) in [6.07, 6.45) is 0. The van der Waals surface area contributed by atoms with Crippen LogP contribution in [0.15, 0.2) is 185 Å². The molecule has 0 spiro atoms.